The normalized spacial score (nSPS) is 15.0. The molecule has 0 saturated carbocycles. The Balaban J connectivity index is 1.65. The third kappa shape index (κ3) is 7.23. The fraction of sp³-hybridized carbons (Fsp3) is 0.526. The average molecular weight is 376 g/mol. The number of nitriles is 1. The summed E-state index contributed by atoms with van der Waals surface area (Å²) in [5.41, 5.74) is 1.15. The lowest BCUT2D eigenvalue weighted by Crippen LogP contribution is -2.35. The first-order chi connectivity index (χ1) is 13.0. The van der Waals surface area contributed by atoms with Gasteiger partial charge in [-0.15, -0.1) is 0 Å². The number of ether oxygens (including phenoxy) is 1. The molecule has 1 fully saturated rings. The molecule has 1 saturated heterocycles. The van der Waals surface area contributed by atoms with Gasteiger partial charge in [0.15, 0.2) is 6.61 Å². The summed E-state index contributed by atoms with van der Waals surface area (Å²) >= 11 is 0. The first kappa shape index (κ1) is 20.6. The molecule has 1 aliphatic heterocycles. The molecule has 8 heteroatoms. The predicted molar refractivity (Wildman–Crippen MR) is 97.2 cm³/mol. The van der Waals surface area contributed by atoms with Gasteiger partial charge in [0.1, 0.15) is 5.82 Å². The second kappa shape index (κ2) is 10.5. The number of hydrogen-bond donors (Lipinski definition) is 2. The van der Waals surface area contributed by atoms with Crippen molar-refractivity contribution in [2.45, 2.75) is 25.8 Å². The lowest BCUT2D eigenvalue weighted by Gasteiger charge is -2.32. The van der Waals surface area contributed by atoms with Crippen LogP contribution in [-0.2, 0) is 16.1 Å². The molecule has 1 aromatic carbocycles. The van der Waals surface area contributed by atoms with Crippen LogP contribution in [0.2, 0.25) is 0 Å². The molecule has 0 aromatic heterocycles. The number of amides is 2. The first-order valence-corrected chi connectivity index (χ1v) is 9.03. The Labute approximate surface area is 158 Å². The van der Waals surface area contributed by atoms with E-state index in [4.69, 9.17) is 10.00 Å². The van der Waals surface area contributed by atoms with Crippen molar-refractivity contribution in [2.75, 3.05) is 33.3 Å². The van der Waals surface area contributed by atoms with Crippen molar-refractivity contribution in [1.82, 2.24) is 15.5 Å². The van der Waals surface area contributed by atoms with Crippen molar-refractivity contribution in [3.05, 3.63) is 35.1 Å². The lowest BCUT2D eigenvalue weighted by molar-refractivity contribution is -0.123. The number of nitrogens with one attached hydrogen (secondary N) is 2. The number of carbonyl (C=O) groups excluding carboxylic acids is 2. The van der Waals surface area contributed by atoms with Crippen LogP contribution in [0.3, 0.4) is 0 Å². The number of likely N-dealkylation sites (tertiary alicyclic amines) is 1. The quantitative estimate of drug-likeness (QED) is 0.756. The number of carbonyl (C=O) groups is 2. The Bertz CT molecular complexity index is 697. The maximum atomic E-state index is 13.5. The molecule has 7 nitrogen and oxygen atoms in total. The number of hydrogen-bond acceptors (Lipinski definition) is 5. The highest BCUT2D eigenvalue weighted by Gasteiger charge is 2.19. The summed E-state index contributed by atoms with van der Waals surface area (Å²) in [6, 6.07) is 6.42. The van der Waals surface area contributed by atoms with Crippen LogP contribution in [0, 0.1) is 23.1 Å². The fourth-order valence-corrected chi connectivity index (χ4v) is 3.13. The second-order valence-electron chi connectivity index (χ2n) is 6.64. The molecule has 1 aromatic rings. The highest BCUT2D eigenvalue weighted by Crippen LogP contribution is 2.22. The zero-order valence-corrected chi connectivity index (χ0v) is 15.5. The molecular weight excluding hydrogens is 351 g/mol. The minimum atomic E-state index is -0.588. The van der Waals surface area contributed by atoms with Crippen molar-refractivity contribution in [2.24, 2.45) is 5.92 Å². The van der Waals surface area contributed by atoms with Crippen LogP contribution in [0.5, 0.6) is 0 Å². The Hall–Kier alpha value is -2.66. The monoisotopic (exact) mass is 376 g/mol. The third-order valence-corrected chi connectivity index (χ3v) is 4.64. The van der Waals surface area contributed by atoms with Gasteiger partial charge in [-0.3, -0.25) is 9.69 Å². The van der Waals surface area contributed by atoms with E-state index in [1.807, 2.05) is 6.07 Å². The number of alkyl carbamates (subject to hydrolysis) is 1. The summed E-state index contributed by atoms with van der Waals surface area (Å²) in [5.74, 6) is -0.228. The minimum absolute atomic E-state index is 0.283. The molecule has 0 aliphatic carbocycles. The van der Waals surface area contributed by atoms with Gasteiger partial charge in [0.2, 0.25) is 0 Å². The second-order valence-corrected chi connectivity index (χ2v) is 6.64. The predicted octanol–water partition coefficient (Wildman–Crippen LogP) is 1.77. The van der Waals surface area contributed by atoms with E-state index in [1.165, 1.54) is 19.2 Å². The molecule has 0 unspecified atom stereocenters. The van der Waals surface area contributed by atoms with Gasteiger partial charge in [0.25, 0.3) is 5.91 Å². The zero-order valence-electron chi connectivity index (χ0n) is 15.5. The van der Waals surface area contributed by atoms with Crippen LogP contribution < -0.4 is 10.6 Å². The topological polar surface area (TPSA) is 94.5 Å². The van der Waals surface area contributed by atoms with Crippen molar-refractivity contribution >= 4 is 12.0 Å². The molecule has 1 heterocycles. The number of likely N-dealkylation sites (N-methyl/N-ethyl adjacent to an activating group) is 1. The van der Waals surface area contributed by atoms with E-state index in [1.54, 1.807) is 6.07 Å². The molecular formula is C19H25FN4O3. The maximum absolute atomic E-state index is 13.5. The molecule has 0 bridgehead atoms. The van der Waals surface area contributed by atoms with Crippen molar-refractivity contribution in [3.8, 4) is 6.07 Å². The number of rotatable bonds is 7. The summed E-state index contributed by atoms with van der Waals surface area (Å²) in [6.45, 7) is 2.64. The van der Waals surface area contributed by atoms with E-state index in [-0.39, 0.29) is 18.3 Å². The molecule has 2 N–H and O–H groups in total. The van der Waals surface area contributed by atoms with Gasteiger partial charge in [-0.05, 0) is 62.0 Å². The first-order valence-electron chi connectivity index (χ1n) is 9.03. The van der Waals surface area contributed by atoms with Crippen LogP contribution in [0.25, 0.3) is 0 Å². The summed E-state index contributed by atoms with van der Waals surface area (Å²) in [7, 11) is 1.48. The Morgan fingerprint density at radius 2 is 2.07 bits per heavy atom. The number of halogens is 1. The van der Waals surface area contributed by atoms with Crippen LogP contribution in [-0.4, -0.2) is 50.2 Å². The third-order valence-electron chi connectivity index (χ3n) is 4.64. The molecule has 0 radical (unpaired) electrons. The van der Waals surface area contributed by atoms with E-state index in [9.17, 15) is 14.0 Å². The molecule has 27 heavy (non-hydrogen) atoms. The summed E-state index contributed by atoms with van der Waals surface area (Å²) in [4.78, 5) is 24.7. The average Bonchev–Trinajstić information content (AvgIpc) is 2.67. The smallest absolute Gasteiger partial charge is 0.407 e. The molecule has 1 aliphatic rings. The zero-order chi connectivity index (χ0) is 19.6. The van der Waals surface area contributed by atoms with E-state index < -0.39 is 6.09 Å². The molecule has 0 atom stereocenters. The highest BCUT2D eigenvalue weighted by molar-refractivity contribution is 5.79. The van der Waals surface area contributed by atoms with Gasteiger partial charge in [0, 0.05) is 20.1 Å². The van der Waals surface area contributed by atoms with E-state index in [0.717, 1.165) is 37.9 Å². The van der Waals surface area contributed by atoms with Gasteiger partial charge in [-0.1, -0.05) is 0 Å². The van der Waals surface area contributed by atoms with E-state index in [0.29, 0.717) is 24.6 Å². The summed E-state index contributed by atoms with van der Waals surface area (Å²) in [5, 5.41) is 14.0. The molecule has 2 rings (SSSR count). The standard InChI is InChI=1S/C19H25FN4O3/c1-22-18(25)13-27-19(26)23-5-2-14-3-6-24(7-4-14)12-16-8-15(11-21)9-17(20)10-16/h8-10,14H,2-7,12-13H2,1H3,(H,22,25)(H,23,26). The fourth-order valence-electron chi connectivity index (χ4n) is 3.13. The SMILES string of the molecule is CNC(=O)COC(=O)NCCC1CCN(Cc2cc(F)cc(C#N)c2)CC1. The lowest BCUT2D eigenvalue weighted by atomic mass is 9.93. The molecule has 0 spiro atoms. The van der Waals surface area contributed by atoms with Gasteiger partial charge >= 0.3 is 6.09 Å². The number of nitrogens with zero attached hydrogens (tertiary/aromatic N) is 2. The molecule has 146 valence electrons. The van der Waals surface area contributed by atoms with Crippen molar-refractivity contribution < 1.29 is 18.7 Å². The van der Waals surface area contributed by atoms with Gasteiger partial charge in [-0.25, -0.2) is 9.18 Å². The number of piperidine rings is 1. The summed E-state index contributed by atoms with van der Waals surface area (Å²) in [6.07, 6.45) is 2.25. The minimum Gasteiger partial charge on any atom is -0.439 e. The van der Waals surface area contributed by atoms with Crippen LogP contribution >= 0.6 is 0 Å². The number of benzene rings is 1. The van der Waals surface area contributed by atoms with Crippen LogP contribution in [0.1, 0.15) is 30.4 Å². The van der Waals surface area contributed by atoms with Gasteiger partial charge < -0.3 is 15.4 Å². The van der Waals surface area contributed by atoms with Crippen molar-refractivity contribution in [1.29, 1.82) is 5.26 Å². The highest BCUT2D eigenvalue weighted by atomic mass is 19.1. The van der Waals surface area contributed by atoms with Gasteiger partial charge in [0.05, 0.1) is 11.6 Å². The molecule has 2 amide bonds. The largest absolute Gasteiger partial charge is 0.439 e. The Morgan fingerprint density at radius 3 is 2.74 bits per heavy atom. The Kier molecular flexibility index (Phi) is 8.01. The van der Waals surface area contributed by atoms with Crippen LogP contribution in [0.15, 0.2) is 18.2 Å². The van der Waals surface area contributed by atoms with Crippen molar-refractivity contribution in [3.63, 3.8) is 0 Å². The van der Waals surface area contributed by atoms with Gasteiger partial charge in [-0.2, -0.15) is 5.26 Å². The summed E-state index contributed by atoms with van der Waals surface area (Å²) < 4.78 is 18.3. The van der Waals surface area contributed by atoms with E-state index in [2.05, 4.69) is 15.5 Å². The maximum Gasteiger partial charge on any atom is 0.407 e. The Morgan fingerprint density at radius 1 is 1.33 bits per heavy atom. The van der Waals surface area contributed by atoms with Crippen LogP contribution in [0.4, 0.5) is 9.18 Å². The van der Waals surface area contributed by atoms with E-state index >= 15 is 0 Å².